The Labute approximate surface area is 209 Å². The molecular formula is C26H31NO9. The van der Waals surface area contributed by atoms with Gasteiger partial charge in [0, 0.05) is 5.56 Å². The lowest BCUT2D eigenvalue weighted by Crippen LogP contribution is -2.67. The summed E-state index contributed by atoms with van der Waals surface area (Å²) in [5.41, 5.74) is 1.71. The van der Waals surface area contributed by atoms with E-state index in [0.717, 1.165) is 11.1 Å². The normalized spacial score (nSPS) is 28.5. The molecule has 4 rings (SSSR count). The van der Waals surface area contributed by atoms with Gasteiger partial charge in [0.05, 0.1) is 20.3 Å². The molecule has 2 aromatic carbocycles. The van der Waals surface area contributed by atoms with Crippen LogP contribution in [0.2, 0.25) is 0 Å². The maximum atomic E-state index is 12.7. The molecule has 0 saturated carbocycles. The van der Waals surface area contributed by atoms with Gasteiger partial charge in [-0.3, -0.25) is 4.79 Å². The number of fused-ring (bicyclic) bond motifs is 1. The van der Waals surface area contributed by atoms with Crippen LogP contribution >= 0.6 is 0 Å². The van der Waals surface area contributed by atoms with Gasteiger partial charge in [0.2, 0.25) is 5.91 Å². The number of aliphatic hydroxyl groups excluding tert-OH is 1. The van der Waals surface area contributed by atoms with E-state index in [1.54, 1.807) is 0 Å². The van der Waals surface area contributed by atoms with Gasteiger partial charge >= 0.3 is 5.97 Å². The summed E-state index contributed by atoms with van der Waals surface area (Å²) in [6, 6.07) is 17.7. The molecule has 2 aliphatic heterocycles. The Morgan fingerprint density at radius 1 is 1.08 bits per heavy atom. The van der Waals surface area contributed by atoms with E-state index in [1.165, 1.54) is 14.0 Å². The van der Waals surface area contributed by atoms with Gasteiger partial charge in [-0.15, -0.1) is 0 Å². The quantitative estimate of drug-likeness (QED) is 0.492. The summed E-state index contributed by atoms with van der Waals surface area (Å²) in [6.45, 7) is 1.65. The monoisotopic (exact) mass is 501 g/mol. The molecule has 7 atom stereocenters. The topological polar surface area (TPSA) is 122 Å². The molecule has 0 bridgehead atoms. The average Bonchev–Trinajstić information content (AvgIpc) is 2.91. The second-order valence-electron chi connectivity index (χ2n) is 8.58. The second-order valence-corrected chi connectivity index (χ2v) is 8.58. The highest BCUT2D eigenvalue weighted by molar-refractivity contribution is 5.77. The number of esters is 1. The van der Waals surface area contributed by atoms with Gasteiger partial charge in [-0.25, -0.2) is 4.79 Å². The van der Waals surface area contributed by atoms with Crippen LogP contribution in [0.4, 0.5) is 0 Å². The zero-order valence-corrected chi connectivity index (χ0v) is 20.1. The van der Waals surface area contributed by atoms with Crippen molar-refractivity contribution in [3.05, 3.63) is 71.8 Å². The standard InChI is InChI=1S/C26H31NO9/c1-16(24(29)31-2)34-23-21(27-20(28)15-32-13-17-9-5-3-6-10-17)25(30)35-19-14-33-26(36-22(19)23)18-11-7-4-8-12-18/h3-12,16,19,21-23,25-26,30H,13-15H2,1-2H3,(H,27,28)/t16-,19-,21-,22-,23-,25?,26?/m1/s1. The van der Waals surface area contributed by atoms with E-state index < -0.39 is 54.9 Å². The number of methoxy groups -OCH3 is 1. The Morgan fingerprint density at radius 2 is 1.78 bits per heavy atom. The number of hydrogen-bond donors (Lipinski definition) is 2. The highest BCUT2D eigenvalue weighted by atomic mass is 16.7. The number of carbonyl (C=O) groups excluding carboxylic acids is 2. The molecule has 0 radical (unpaired) electrons. The number of carbonyl (C=O) groups is 2. The van der Waals surface area contributed by atoms with Gasteiger partial charge in [0.15, 0.2) is 18.7 Å². The van der Waals surface area contributed by atoms with Gasteiger partial charge in [-0.1, -0.05) is 60.7 Å². The summed E-state index contributed by atoms with van der Waals surface area (Å²) < 4.78 is 34.0. The molecule has 2 aliphatic rings. The van der Waals surface area contributed by atoms with Crippen molar-refractivity contribution < 1.29 is 43.1 Å². The van der Waals surface area contributed by atoms with Crippen molar-refractivity contribution in [3.63, 3.8) is 0 Å². The minimum Gasteiger partial charge on any atom is -0.467 e. The first-order valence-electron chi connectivity index (χ1n) is 11.8. The summed E-state index contributed by atoms with van der Waals surface area (Å²) in [5.74, 6) is -1.08. The zero-order chi connectivity index (χ0) is 25.5. The van der Waals surface area contributed by atoms with Crippen LogP contribution in [0.1, 0.15) is 24.3 Å². The van der Waals surface area contributed by atoms with E-state index in [-0.39, 0.29) is 19.8 Å². The molecule has 2 fully saturated rings. The van der Waals surface area contributed by atoms with Crippen molar-refractivity contribution in [2.45, 2.75) is 56.6 Å². The van der Waals surface area contributed by atoms with Crippen molar-refractivity contribution in [2.75, 3.05) is 20.3 Å². The predicted molar refractivity (Wildman–Crippen MR) is 125 cm³/mol. The number of rotatable bonds is 9. The van der Waals surface area contributed by atoms with Gasteiger partial charge in [0.25, 0.3) is 0 Å². The van der Waals surface area contributed by atoms with Crippen LogP contribution in [0.5, 0.6) is 0 Å². The summed E-state index contributed by atoms with van der Waals surface area (Å²) in [7, 11) is 1.25. The maximum Gasteiger partial charge on any atom is 0.334 e. The van der Waals surface area contributed by atoms with Crippen molar-refractivity contribution in [2.24, 2.45) is 0 Å². The SMILES string of the molecule is COC(=O)[C@@H](C)O[C@H]1[C@@H]2OC(c3ccccc3)OC[C@H]2OC(O)[C@@H]1NC(=O)COCc1ccccc1. The van der Waals surface area contributed by atoms with Crippen molar-refractivity contribution >= 4 is 11.9 Å². The number of ether oxygens (including phenoxy) is 6. The van der Waals surface area contributed by atoms with E-state index in [1.807, 2.05) is 60.7 Å². The highest BCUT2D eigenvalue weighted by Gasteiger charge is 2.51. The number of amides is 1. The largest absolute Gasteiger partial charge is 0.467 e. The Kier molecular flexibility index (Phi) is 9.03. The molecule has 2 N–H and O–H groups in total. The maximum absolute atomic E-state index is 12.7. The summed E-state index contributed by atoms with van der Waals surface area (Å²) >= 11 is 0. The third kappa shape index (κ3) is 6.47. The third-order valence-corrected chi connectivity index (χ3v) is 6.00. The molecule has 0 spiro atoms. The van der Waals surface area contributed by atoms with Gasteiger partial charge in [-0.2, -0.15) is 0 Å². The van der Waals surface area contributed by atoms with Gasteiger partial charge < -0.3 is 38.8 Å². The summed E-state index contributed by atoms with van der Waals surface area (Å²) in [4.78, 5) is 24.8. The molecule has 2 saturated heterocycles. The van der Waals surface area contributed by atoms with Crippen molar-refractivity contribution in [1.82, 2.24) is 5.32 Å². The molecular weight excluding hydrogens is 470 g/mol. The molecule has 36 heavy (non-hydrogen) atoms. The first kappa shape index (κ1) is 26.2. The number of hydrogen-bond acceptors (Lipinski definition) is 9. The van der Waals surface area contributed by atoms with Crippen LogP contribution in [0, 0.1) is 0 Å². The zero-order valence-electron chi connectivity index (χ0n) is 20.1. The first-order chi connectivity index (χ1) is 17.5. The smallest absolute Gasteiger partial charge is 0.334 e. The number of nitrogens with one attached hydrogen (secondary N) is 1. The molecule has 2 aromatic rings. The molecule has 1 amide bonds. The molecule has 10 heteroatoms. The Balaban J connectivity index is 1.47. The summed E-state index contributed by atoms with van der Waals surface area (Å²) in [6.07, 6.45) is -5.51. The van der Waals surface area contributed by atoms with Crippen LogP contribution in [-0.2, 0) is 44.6 Å². The molecule has 0 aliphatic carbocycles. The molecule has 10 nitrogen and oxygen atoms in total. The first-order valence-corrected chi connectivity index (χ1v) is 11.8. The lowest BCUT2D eigenvalue weighted by molar-refractivity contribution is -0.344. The molecule has 2 heterocycles. The second kappa shape index (κ2) is 12.4. The van der Waals surface area contributed by atoms with Crippen LogP contribution in [0.3, 0.4) is 0 Å². The minimum absolute atomic E-state index is 0.120. The lowest BCUT2D eigenvalue weighted by atomic mass is 9.95. The van der Waals surface area contributed by atoms with E-state index in [2.05, 4.69) is 5.32 Å². The fraction of sp³-hybridized carbons (Fsp3) is 0.462. The molecule has 2 unspecified atom stereocenters. The Bertz CT molecular complexity index is 989. The predicted octanol–water partition coefficient (Wildman–Crippen LogP) is 1.47. The van der Waals surface area contributed by atoms with Gasteiger partial charge in [-0.05, 0) is 12.5 Å². The fourth-order valence-corrected chi connectivity index (χ4v) is 4.20. The number of benzene rings is 2. The van der Waals surface area contributed by atoms with Crippen LogP contribution in [-0.4, -0.2) is 74.1 Å². The lowest BCUT2D eigenvalue weighted by Gasteiger charge is -2.48. The average molecular weight is 502 g/mol. The van der Waals surface area contributed by atoms with Crippen LogP contribution in [0.25, 0.3) is 0 Å². The Morgan fingerprint density at radius 3 is 2.47 bits per heavy atom. The fourth-order valence-electron chi connectivity index (χ4n) is 4.20. The molecule has 0 aromatic heterocycles. The van der Waals surface area contributed by atoms with Crippen LogP contribution in [0.15, 0.2) is 60.7 Å². The van der Waals surface area contributed by atoms with E-state index >= 15 is 0 Å². The Hall–Kier alpha value is -2.86. The molecule has 194 valence electrons. The third-order valence-electron chi connectivity index (χ3n) is 6.00. The van der Waals surface area contributed by atoms with E-state index in [9.17, 15) is 14.7 Å². The van der Waals surface area contributed by atoms with Crippen LogP contribution < -0.4 is 5.32 Å². The number of aliphatic hydroxyl groups is 1. The minimum atomic E-state index is -1.43. The van der Waals surface area contributed by atoms with E-state index in [0.29, 0.717) is 0 Å². The van der Waals surface area contributed by atoms with E-state index in [4.69, 9.17) is 28.4 Å². The van der Waals surface area contributed by atoms with Crippen molar-refractivity contribution in [3.8, 4) is 0 Å². The summed E-state index contributed by atoms with van der Waals surface area (Å²) in [5, 5.41) is 13.5. The van der Waals surface area contributed by atoms with Crippen molar-refractivity contribution in [1.29, 1.82) is 0 Å². The van der Waals surface area contributed by atoms with Gasteiger partial charge in [0.1, 0.15) is 31.0 Å². The highest BCUT2D eigenvalue weighted by Crippen LogP contribution is 2.35.